The van der Waals surface area contributed by atoms with Crippen molar-refractivity contribution in [1.29, 1.82) is 0 Å². The van der Waals surface area contributed by atoms with Gasteiger partial charge in [-0.15, -0.1) is 6.42 Å². The highest BCUT2D eigenvalue weighted by Gasteiger charge is 2.13. The van der Waals surface area contributed by atoms with E-state index in [0.29, 0.717) is 35.9 Å². The van der Waals surface area contributed by atoms with Crippen LogP contribution in [0.3, 0.4) is 0 Å². The van der Waals surface area contributed by atoms with Gasteiger partial charge in [0.1, 0.15) is 11.5 Å². The first-order valence-electron chi connectivity index (χ1n) is 8.68. The highest BCUT2D eigenvalue weighted by atomic mass is 32.1. The van der Waals surface area contributed by atoms with Gasteiger partial charge in [0.25, 0.3) is 5.91 Å². The number of carbonyl (C=O) groups is 1. The second-order valence-corrected chi connectivity index (χ2v) is 6.59. The van der Waals surface area contributed by atoms with E-state index in [0.717, 1.165) is 16.0 Å². The van der Waals surface area contributed by atoms with Crippen LogP contribution in [0.4, 0.5) is 0 Å². The van der Waals surface area contributed by atoms with Crippen molar-refractivity contribution in [1.82, 2.24) is 4.57 Å². The molecular weight excluding hydrogens is 360 g/mol. The Labute approximate surface area is 161 Å². The largest absolute Gasteiger partial charge is 0.494 e. The molecule has 0 spiro atoms. The third-order valence-corrected chi connectivity index (χ3v) is 4.87. The van der Waals surface area contributed by atoms with E-state index in [1.54, 1.807) is 18.2 Å². The fraction of sp³-hybridized carbons (Fsp3) is 0.238. The van der Waals surface area contributed by atoms with E-state index < -0.39 is 0 Å². The summed E-state index contributed by atoms with van der Waals surface area (Å²) in [6, 6.07) is 12.9. The molecular formula is C21H20N2O3S. The van der Waals surface area contributed by atoms with Crippen molar-refractivity contribution in [3.63, 3.8) is 0 Å². The first kappa shape index (κ1) is 18.7. The number of terminal acetylenes is 1. The summed E-state index contributed by atoms with van der Waals surface area (Å²) in [6.07, 6.45) is 5.53. The molecule has 0 aliphatic heterocycles. The van der Waals surface area contributed by atoms with E-state index >= 15 is 0 Å². The Hall–Kier alpha value is -3.04. The van der Waals surface area contributed by atoms with Crippen LogP contribution in [0.15, 0.2) is 47.5 Å². The van der Waals surface area contributed by atoms with Gasteiger partial charge in [0.2, 0.25) is 0 Å². The van der Waals surface area contributed by atoms with Crippen molar-refractivity contribution in [3.8, 4) is 23.8 Å². The van der Waals surface area contributed by atoms with Gasteiger partial charge in [-0.2, -0.15) is 4.99 Å². The fourth-order valence-electron chi connectivity index (χ4n) is 2.71. The number of rotatable bonds is 6. The molecule has 0 radical (unpaired) electrons. The van der Waals surface area contributed by atoms with Gasteiger partial charge < -0.3 is 14.0 Å². The van der Waals surface area contributed by atoms with Gasteiger partial charge in [-0.3, -0.25) is 4.79 Å². The second-order valence-electron chi connectivity index (χ2n) is 5.58. The summed E-state index contributed by atoms with van der Waals surface area (Å²) >= 11 is 1.41. The Morgan fingerprint density at radius 1 is 1.19 bits per heavy atom. The van der Waals surface area contributed by atoms with Crippen LogP contribution in [0, 0.1) is 12.3 Å². The molecule has 0 bridgehead atoms. The zero-order chi connectivity index (χ0) is 19.2. The van der Waals surface area contributed by atoms with Crippen LogP contribution in [0.1, 0.15) is 24.2 Å². The standard InChI is InChI=1S/C21H20N2O3S/c1-4-13-23-17-12-11-15(25-5-2)14-19(17)27-21(23)22-20(24)16-9-7-8-10-18(16)26-6-3/h1,7-12,14H,5-6,13H2,2-3H3. The lowest BCUT2D eigenvalue weighted by Crippen LogP contribution is -2.16. The Morgan fingerprint density at radius 2 is 1.96 bits per heavy atom. The van der Waals surface area contributed by atoms with Gasteiger partial charge in [0, 0.05) is 0 Å². The predicted molar refractivity (Wildman–Crippen MR) is 107 cm³/mol. The maximum atomic E-state index is 12.8. The quantitative estimate of drug-likeness (QED) is 0.610. The SMILES string of the molecule is C#CCn1c(=NC(=O)c2ccccc2OCC)sc2cc(OCC)ccc21. The molecule has 3 aromatic rings. The van der Waals surface area contributed by atoms with Crippen molar-refractivity contribution in [2.24, 2.45) is 4.99 Å². The van der Waals surface area contributed by atoms with E-state index in [-0.39, 0.29) is 5.91 Å². The van der Waals surface area contributed by atoms with Gasteiger partial charge in [-0.1, -0.05) is 29.4 Å². The Morgan fingerprint density at radius 3 is 2.70 bits per heavy atom. The lowest BCUT2D eigenvalue weighted by molar-refractivity contribution is 0.0994. The number of thiazole rings is 1. The van der Waals surface area contributed by atoms with Gasteiger partial charge in [0.15, 0.2) is 4.80 Å². The summed E-state index contributed by atoms with van der Waals surface area (Å²) in [6.45, 7) is 5.20. The summed E-state index contributed by atoms with van der Waals surface area (Å²) in [7, 11) is 0. The maximum absolute atomic E-state index is 12.8. The summed E-state index contributed by atoms with van der Waals surface area (Å²) in [5.74, 6) is 3.57. The molecule has 1 heterocycles. The molecule has 0 atom stereocenters. The van der Waals surface area contributed by atoms with Crippen molar-refractivity contribution >= 4 is 27.5 Å². The molecule has 6 heteroatoms. The van der Waals surface area contributed by atoms with E-state index in [4.69, 9.17) is 15.9 Å². The average molecular weight is 380 g/mol. The average Bonchev–Trinajstić information content (AvgIpc) is 2.99. The molecule has 1 aromatic heterocycles. The first-order chi connectivity index (χ1) is 13.2. The lowest BCUT2D eigenvalue weighted by Gasteiger charge is -2.06. The van der Waals surface area contributed by atoms with E-state index in [1.165, 1.54) is 11.3 Å². The van der Waals surface area contributed by atoms with Crippen LogP contribution in [0.5, 0.6) is 11.5 Å². The number of aromatic nitrogens is 1. The molecule has 0 saturated carbocycles. The number of hydrogen-bond donors (Lipinski definition) is 0. The number of amides is 1. The molecule has 138 valence electrons. The number of hydrogen-bond acceptors (Lipinski definition) is 4. The zero-order valence-corrected chi connectivity index (χ0v) is 16.1. The maximum Gasteiger partial charge on any atom is 0.283 e. The molecule has 0 unspecified atom stereocenters. The number of nitrogens with zero attached hydrogens (tertiary/aromatic N) is 2. The third-order valence-electron chi connectivity index (χ3n) is 3.83. The van der Waals surface area contributed by atoms with E-state index in [9.17, 15) is 4.79 Å². The highest BCUT2D eigenvalue weighted by molar-refractivity contribution is 7.16. The minimum Gasteiger partial charge on any atom is -0.494 e. The topological polar surface area (TPSA) is 52.8 Å². The minimum absolute atomic E-state index is 0.327. The molecule has 2 aromatic carbocycles. The lowest BCUT2D eigenvalue weighted by atomic mass is 10.2. The second kappa shape index (κ2) is 8.56. The molecule has 5 nitrogen and oxygen atoms in total. The normalized spacial score (nSPS) is 11.4. The van der Waals surface area contributed by atoms with Crippen LogP contribution in [0.2, 0.25) is 0 Å². The number of fused-ring (bicyclic) bond motifs is 1. The summed E-state index contributed by atoms with van der Waals surface area (Å²) in [4.78, 5) is 17.7. The van der Waals surface area contributed by atoms with Gasteiger partial charge >= 0.3 is 0 Å². The number of benzene rings is 2. The van der Waals surface area contributed by atoms with Crippen molar-refractivity contribution in [2.75, 3.05) is 13.2 Å². The van der Waals surface area contributed by atoms with Crippen LogP contribution in [0.25, 0.3) is 10.2 Å². The van der Waals surface area contributed by atoms with Crippen LogP contribution < -0.4 is 14.3 Å². The molecule has 0 N–H and O–H groups in total. The molecule has 0 saturated heterocycles. The smallest absolute Gasteiger partial charge is 0.283 e. The minimum atomic E-state index is -0.360. The summed E-state index contributed by atoms with van der Waals surface area (Å²) in [5, 5.41) is 0. The molecule has 0 aliphatic rings. The van der Waals surface area contributed by atoms with Crippen LogP contribution in [-0.4, -0.2) is 23.7 Å². The van der Waals surface area contributed by atoms with Gasteiger partial charge in [0.05, 0.1) is 35.5 Å². The summed E-state index contributed by atoms with van der Waals surface area (Å²) < 4.78 is 13.9. The molecule has 27 heavy (non-hydrogen) atoms. The third kappa shape index (κ3) is 4.04. The van der Waals surface area contributed by atoms with Crippen molar-refractivity contribution < 1.29 is 14.3 Å². The van der Waals surface area contributed by atoms with Gasteiger partial charge in [-0.05, 0) is 44.2 Å². The van der Waals surface area contributed by atoms with Gasteiger partial charge in [-0.25, -0.2) is 0 Å². The molecule has 0 fully saturated rings. The highest BCUT2D eigenvalue weighted by Crippen LogP contribution is 2.24. The van der Waals surface area contributed by atoms with E-state index in [2.05, 4.69) is 10.9 Å². The monoisotopic (exact) mass is 380 g/mol. The molecule has 1 amide bonds. The number of para-hydroxylation sites is 1. The summed E-state index contributed by atoms with van der Waals surface area (Å²) in [5.41, 5.74) is 1.35. The fourth-order valence-corrected chi connectivity index (χ4v) is 3.77. The first-order valence-corrected chi connectivity index (χ1v) is 9.50. The van der Waals surface area contributed by atoms with Crippen molar-refractivity contribution in [3.05, 3.63) is 52.8 Å². The molecule has 0 aliphatic carbocycles. The van der Waals surface area contributed by atoms with E-state index in [1.807, 2.05) is 42.7 Å². The van der Waals surface area contributed by atoms with Crippen LogP contribution >= 0.6 is 11.3 Å². The van der Waals surface area contributed by atoms with Crippen LogP contribution in [-0.2, 0) is 6.54 Å². The van der Waals surface area contributed by atoms with Crippen molar-refractivity contribution in [2.45, 2.75) is 20.4 Å². The molecule has 3 rings (SSSR count). The Balaban J connectivity index is 2.11. The Bertz CT molecular complexity index is 1070. The number of carbonyl (C=O) groups excluding carboxylic acids is 1. The predicted octanol–water partition coefficient (Wildman–Crippen LogP) is 3.87. The number of ether oxygens (including phenoxy) is 2. The zero-order valence-electron chi connectivity index (χ0n) is 15.3. The Kier molecular flexibility index (Phi) is 5.94.